The van der Waals surface area contributed by atoms with Gasteiger partial charge in [-0.3, -0.25) is 14.5 Å². The van der Waals surface area contributed by atoms with Crippen LogP contribution in [0.4, 0.5) is 0 Å². The number of carbonyl (C=O) groups is 2. The van der Waals surface area contributed by atoms with E-state index in [-0.39, 0.29) is 11.8 Å². The number of fused-ring (bicyclic) bond motifs is 1. The highest BCUT2D eigenvalue weighted by molar-refractivity contribution is 7.99. The van der Waals surface area contributed by atoms with Crippen molar-refractivity contribution in [3.8, 4) is 0 Å². The summed E-state index contributed by atoms with van der Waals surface area (Å²) in [6.07, 6.45) is 2.51. The third-order valence-electron chi connectivity index (χ3n) is 3.85. The number of aromatic nitrogens is 3. The number of aryl methyl sites for hydroxylation is 1. The van der Waals surface area contributed by atoms with Crippen molar-refractivity contribution in [2.24, 2.45) is 0 Å². The number of hydrogen-bond acceptors (Lipinski definition) is 5. The smallest absolute Gasteiger partial charge is 0.261 e. The summed E-state index contributed by atoms with van der Waals surface area (Å²) in [5, 5.41) is 9.04. The molecule has 1 aromatic carbocycles. The van der Waals surface area contributed by atoms with Gasteiger partial charge in [0.1, 0.15) is 5.82 Å². The Morgan fingerprint density at radius 2 is 1.83 bits per heavy atom. The molecule has 0 aliphatic carbocycles. The summed E-state index contributed by atoms with van der Waals surface area (Å²) in [6.45, 7) is 6.71. The number of hydrogen-bond donors (Lipinski definition) is 0. The van der Waals surface area contributed by atoms with Crippen molar-refractivity contribution in [1.82, 2.24) is 19.7 Å². The van der Waals surface area contributed by atoms with E-state index >= 15 is 0 Å². The fraction of sp³-hybridized carbons (Fsp3) is 0.294. The largest absolute Gasteiger partial charge is 0.302 e. The summed E-state index contributed by atoms with van der Waals surface area (Å²) in [7, 11) is 0. The van der Waals surface area contributed by atoms with Crippen LogP contribution in [0.2, 0.25) is 0 Å². The van der Waals surface area contributed by atoms with Gasteiger partial charge in [-0.05, 0) is 25.5 Å². The first-order valence-electron chi connectivity index (χ1n) is 7.72. The van der Waals surface area contributed by atoms with Crippen LogP contribution in [0.15, 0.2) is 42.1 Å². The minimum Gasteiger partial charge on any atom is -0.302 e. The monoisotopic (exact) mass is 342 g/mol. The average Bonchev–Trinajstić information content (AvgIpc) is 3.05. The van der Waals surface area contributed by atoms with E-state index in [4.69, 9.17) is 0 Å². The molecule has 7 heteroatoms. The van der Waals surface area contributed by atoms with Crippen molar-refractivity contribution in [2.75, 3.05) is 12.3 Å². The lowest BCUT2D eigenvalue weighted by molar-refractivity contribution is 0.0655. The summed E-state index contributed by atoms with van der Waals surface area (Å²) in [5.41, 5.74) is 0.994. The van der Waals surface area contributed by atoms with Crippen LogP contribution in [0.5, 0.6) is 0 Å². The Bertz CT molecular complexity index is 765. The first-order valence-corrected chi connectivity index (χ1v) is 8.70. The number of benzene rings is 1. The first kappa shape index (κ1) is 16.4. The lowest BCUT2D eigenvalue weighted by Crippen LogP contribution is -2.31. The molecule has 0 saturated carbocycles. The van der Waals surface area contributed by atoms with Crippen LogP contribution in [-0.4, -0.2) is 43.8 Å². The van der Waals surface area contributed by atoms with Gasteiger partial charge in [-0.15, -0.1) is 16.8 Å². The van der Waals surface area contributed by atoms with Crippen LogP contribution in [0.3, 0.4) is 0 Å². The molecule has 2 aromatic rings. The molecule has 1 aliphatic heterocycles. The molecule has 0 bridgehead atoms. The maximum Gasteiger partial charge on any atom is 0.261 e. The zero-order valence-corrected chi connectivity index (χ0v) is 14.3. The van der Waals surface area contributed by atoms with Gasteiger partial charge in [-0.25, -0.2) is 0 Å². The van der Waals surface area contributed by atoms with Gasteiger partial charge in [-0.1, -0.05) is 30.0 Å². The summed E-state index contributed by atoms with van der Waals surface area (Å²) < 4.78 is 1.99. The van der Waals surface area contributed by atoms with Crippen LogP contribution in [-0.2, 0) is 6.54 Å². The van der Waals surface area contributed by atoms with Crippen molar-refractivity contribution in [1.29, 1.82) is 0 Å². The number of allylic oxidation sites excluding steroid dienone is 1. The Labute approximate surface area is 144 Å². The maximum absolute atomic E-state index is 12.3. The molecule has 124 valence electrons. The molecule has 0 fully saturated rings. The Balaban J connectivity index is 1.56. The molecule has 0 radical (unpaired) electrons. The fourth-order valence-corrected chi connectivity index (χ4v) is 3.55. The molecule has 1 aliphatic rings. The second-order valence-electron chi connectivity index (χ2n) is 5.44. The molecule has 2 amide bonds. The van der Waals surface area contributed by atoms with Gasteiger partial charge < -0.3 is 4.57 Å². The van der Waals surface area contributed by atoms with Crippen molar-refractivity contribution in [3.05, 3.63) is 53.9 Å². The number of thioether (sulfide) groups is 1. The molecule has 0 spiro atoms. The molecule has 3 rings (SSSR count). The molecule has 2 heterocycles. The predicted octanol–water partition coefficient (Wildman–Crippen LogP) is 2.55. The minimum atomic E-state index is -0.203. The van der Waals surface area contributed by atoms with Crippen molar-refractivity contribution < 1.29 is 9.59 Å². The Morgan fingerprint density at radius 1 is 1.17 bits per heavy atom. The molecule has 6 nitrogen and oxygen atoms in total. The van der Waals surface area contributed by atoms with Crippen LogP contribution in [0.25, 0.3) is 0 Å². The van der Waals surface area contributed by atoms with Gasteiger partial charge in [0.2, 0.25) is 0 Å². The molecule has 0 unspecified atom stereocenters. The van der Waals surface area contributed by atoms with E-state index in [1.807, 2.05) is 11.5 Å². The molecular formula is C17H18N4O2S. The summed E-state index contributed by atoms with van der Waals surface area (Å²) in [4.78, 5) is 25.9. The number of nitrogens with zero attached hydrogens (tertiary/aromatic N) is 4. The Kier molecular flexibility index (Phi) is 4.80. The molecular weight excluding hydrogens is 324 g/mol. The second-order valence-corrected chi connectivity index (χ2v) is 6.50. The van der Waals surface area contributed by atoms with E-state index in [0.29, 0.717) is 30.6 Å². The lowest BCUT2D eigenvalue weighted by atomic mass is 10.1. The van der Waals surface area contributed by atoms with Crippen LogP contribution in [0, 0.1) is 6.92 Å². The highest BCUT2D eigenvalue weighted by Crippen LogP contribution is 2.23. The van der Waals surface area contributed by atoms with E-state index in [0.717, 1.165) is 16.7 Å². The van der Waals surface area contributed by atoms with E-state index in [2.05, 4.69) is 16.8 Å². The highest BCUT2D eigenvalue weighted by atomic mass is 32.2. The Morgan fingerprint density at radius 3 is 2.46 bits per heavy atom. The predicted molar refractivity (Wildman–Crippen MR) is 92.1 cm³/mol. The molecule has 0 N–H and O–H groups in total. The van der Waals surface area contributed by atoms with Crippen LogP contribution in [0.1, 0.15) is 33.0 Å². The third kappa shape index (κ3) is 2.99. The standard InChI is InChI=1S/C17H18N4O2S/c1-3-9-20-12(2)18-19-17(20)24-11-6-10-21-15(22)13-7-4-5-8-14(13)16(21)23/h3-5,7-8H,1,6,9-11H2,2H3. The van der Waals surface area contributed by atoms with Crippen molar-refractivity contribution in [2.45, 2.75) is 25.0 Å². The van der Waals surface area contributed by atoms with E-state index in [1.54, 1.807) is 42.1 Å². The molecule has 0 saturated heterocycles. The fourth-order valence-electron chi connectivity index (χ4n) is 2.64. The summed E-state index contributed by atoms with van der Waals surface area (Å²) >= 11 is 1.57. The van der Waals surface area contributed by atoms with Gasteiger partial charge in [-0.2, -0.15) is 0 Å². The zero-order valence-electron chi connectivity index (χ0n) is 13.4. The van der Waals surface area contributed by atoms with Crippen LogP contribution >= 0.6 is 11.8 Å². The SMILES string of the molecule is C=CCn1c(C)nnc1SCCCN1C(=O)c2ccccc2C1=O. The number of carbonyl (C=O) groups excluding carboxylic acids is 2. The van der Waals surface area contributed by atoms with Gasteiger partial charge in [0.05, 0.1) is 11.1 Å². The lowest BCUT2D eigenvalue weighted by Gasteiger charge is -2.13. The highest BCUT2D eigenvalue weighted by Gasteiger charge is 2.34. The van der Waals surface area contributed by atoms with Crippen molar-refractivity contribution >= 4 is 23.6 Å². The van der Waals surface area contributed by atoms with Crippen molar-refractivity contribution in [3.63, 3.8) is 0 Å². The summed E-state index contributed by atoms with van der Waals surface area (Å²) in [5.74, 6) is 1.19. The molecule has 24 heavy (non-hydrogen) atoms. The summed E-state index contributed by atoms with van der Waals surface area (Å²) in [6, 6.07) is 6.95. The van der Waals surface area contributed by atoms with E-state index in [9.17, 15) is 9.59 Å². The van der Waals surface area contributed by atoms with E-state index in [1.165, 1.54) is 4.90 Å². The number of imide groups is 1. The van der Waals surface area contributed by atoms with Gasteiger partial charge >= 0.3 is 0 Å². The molecule has 1 aromatic heterocycles. The first-order chi connectivity index (χ1) is 11.6. The maximum atomic E-state index is 12.3. The average molecular weight is 342 g/mol. The topological polar surface area (TPSA) is 68.1 Å². The van der Waals surface area contributed by atoms with E-state index < -0.39 is 0 Å². The normalized spacial score (nSPS) is 13.5. The van der Waals surface area contributed by atoms with Gasteiger partial charge in [0.25, 0.3) is 11.8 Å². The van der Waals surface area contributed by atoms with Gasteiger partial charge in [0.15, 0.2) is 5.16 Å². The minimum absolute atomic E-state index is 0.203. The van der Waals surface area contributed by atoms with Gasteiger partial charge in [0, 0.05) is 18.8 Å². The van der Waals surface area contributed by atoms with Crippen LogP contribution < -0.4 is 0 Å². The zero-order chi connectivity index (χ0) is 17.1. The molecule has 0 atom stereocenters. The number of amides is 2. The third-order valence-corrected chi connectivity index (χ3v) is 4.90. The second kappa shape index (κ2) is 7.00. The Hall–Kier alpha value is -2.41. The number of rotatable bonds is 7. The quantitative estimate of drug-likeness (QED) is 0.335.